The molecule has 19 heavy (non-hydrogen) atoms. The number of rotatable bonds is 5. The number of hydrogen-bond donors (Lipinski definition) is 2. The Morgan fingerprint density at radius 2 is 2.26 bits per heavy atom. The summed E-state index contributed by atoms with van der Waals surface area (Å²) in [7, 11) is 1.85. The summed E-state index contributed by atoms with van der Waals surface area (Å²) in [5.74, 6) is -0.0808. The molecule has 0 atom stereocenters. The molecule has 0 saturated heterocycles. The molecule has 0 bridgehead atoms. The Hall–Kier alpha value is -2.14. The van der Waals surface area contributed by atoms with Crippen LogP contribution >= 0.6 is 0 Å². The molecule has 1 heterocycles. The Bertz CT molecular complexity index is 562. The fraction of sp³-hybridized carbons (Fsp3) is 0.286. The third-order valence-corrected chi connectivity index (χ3v) is 2.83. The van der Waals surface area contributed by atoms with Gasteiger partial charge >= 0.3 is 0 Å². The summed E-state index contributed by atoms with van der Waals surface area (Å²) in [5, 5.41) is 6.93. The predicted molar refractivity (Wildman–Crippen MR) is 73.6 cm³/mol. The van der Waals surface area contributed by atoms with Gasteiger partial charge in [0.05, 0.1) is 6.20 Å². The lowest BCUT2D eigenvalue weighted by molar-refractivity contribution is 0.0951. The van der Waals surface area contributed by atoms with E-state index in [4.69, 9.17) is 5.73 Å². The first-order valence-electron chi connectivity index (χ1n) is 6.24. The highest BCUT2D eigenvalue weighted by molar-refractivity contribution is 5.94. The van der Waals surface area contributed by atoms with Crippen LogP contribution in [0.15, 0.2) is 36.7 Å². The van der Waals surface area contributed by atoms with E-state index in [-0.39, 0.29) is 5.91 Å². The summed E-state index contributed by atoms with van der Waals surface area (Å²) in [4.78, 5) is 12.0. The average Bonchev–Trinajstić information content (AvgIpc) is 2.82. The van der Waals surface area contributed by atoms with Gasteiger partial charge in [0.25, 0.3) is 5.91 Å². The van der Waals surface area contributed by atoms with Crippen LogP contribution in [0.1, 0.15) is 21.5 Å². The molecule has 5 heteroatoms. The van der Waals surface area contributed by atoms with Crippen molar-refractivity contribution in [3.8, 4) is 0 Å². The maximum absolute atomic E-state index is 12.0. The standard InChI is InChI=1S/C14H18N4O/c1-18-10-12(9-17-18)8-16-14(19)13-4-2-3-11(7-13)5-6-15/h2-4,7,9-10H,5-6,8,15H2,1H3,(H,16,19). The second-order valence-electron chi connectivity index (χ2n) is 4.44. The number of aromatic nitrogens is 2. The zero-order chi connectivity index (χ0) is 13.7. The van der Waals surface area contributed by atoms with E-state index in [2.05, 4.69) is 10.4 Å². The van der Waals surface area contributed by atoms with Crippen LogP contribution < -0.4 is 11.1 Å². The highest BCUT2D eigenvalue weighted by Crippen LogP contribution is 2.06. The van der Waals surface area contributed by atoms with Gasteiger partial charge < -0.3 is 11.1 Å². The molecular formula is C14H18N4O. The predicted octanol–water partition coefficient (Wildman–Crippen LogP) is 0.851. The molecule has 0 aliphatic carbocycles. The van der Waals surface area contributed by atoms with Crippen molar-refractivity contribution >= 4 is 5.91 Å². The largest absolute Gasteiger partial charge is 0.348 e. The van der Waals surface area contributed by atoms with Crippen molar-refractivity contribution in [2.75, 3.05) is 6.54 Å². The molecule has 1 amide bonds. The maximum Gasteiger partial charge on any atom is 0.251 e. The summed E-state index contributed by atoms with van der Waals surface area (Å²) in [6, 6.07) is 7.54. The number of amides is 1. The van der Waals surface area contributed by atoms with E-state index in [9.17, 15) is 4.79 Å². The van der Waals surface area contributed by atoms with Crippen molar-refractivity contribution in [3.63, 3.8) is 0 Å². The molecule has 100 valence electrons. The minimum Gasteiger partial charge on any atom is -0.348 e. The van der Waals surface area contributed by atoms with Gasteiger partial charge in [-0.2, -0.15) is 5.10 Å². The summed E-state index contributed by atoms with van der Waals surface area (Å²) in [5.41, 5.74) is 8.24. The monoisotopic (exact) mass is 258 g/mol. The molecule has 5 nitrogen and oxygen atoms in total. The van der Waals surface area contributed by atoms with E-state index < -0.39 is 0 Å². The molecule has 3 N–H and O–H groups in total. The normalized spacial score (nSPS) is 10.4. The molecule has 2 rings (SSSR count). The van der Waals surface area contributed by atoms with Gasteiger partial charge in [-0.3, -0.25) is 9.48 Å². The Kier molecular flexibility index (Phi) is 4.30. The quantitative estimate of drug-likeness (QED) is 0.835. The first kappa shape index (κ1) is 13.3. The maximum atomic E-state index is 12.0. The van der Waals surface area contributed by atoms with Crippen LogP contribution in [0, 0.1) is 0 Å². The Labute approximate surface area is 112 Å². The van der Waals surface area contributed by atoms with Gasteiger partial charge in [-0.1, -0.05) is 12.1 Å². The summed E-state index contributed by atoms with van der Waals surface area (Å²) < 4.78 is 1.71. The highest BCUT2D eigenvalue weighted by atomic mass is 16.1. The minimum atomic E-state index is -0.0808. The van der Waals surface area contributed by atoms with Crippen LogP contribution in [-0.4, -0.2) is 22.2 Å². The topological polar surface area (TPSA) is 72.9 Å². The Balaban J connectivity index is 1.97. The molecule has 0 aliphatic rings. The molecule has 0 radical (unpaired) electrons. The number of hydrogen-bond acceptors (Lipinski definition) is 3. The second kappa shape index (κ2) is 6.15. The van der Waals surface area contributed by atoms with Crippen molar-refractivity contribution < 1.29 is 4.79 Å². The van der Waals surface area contributed by atoms with Gasteiger partial charge in [-0.05, 0) is 30.7 Å². The van der Waals surface area contributed by atoms with Gasteiger partial charge in [-0.15, -0.1) is 0 Å². The van der Waals surface area contributed by atoms with E-state index in [1.54, 1.807) is 16.9 Å². The molecule has 0 saturated carbocycles. The van der Waals surface area contributed by atoms with Gasteiger partial charge in [0.15, 0.2) is 0 Å². The van der Waals surface area contributed by atoms with Crippen LogP contribution in [-0.2, 0) is 20.0 Å². The van der Waals surface area contributed by atoms with E-state index in [0.29, 0.717) is 18.7 Å². The van der Waals surface area contributed by atoms with Gasteiger partial charge in [0.2, 0.25) is 0 Å². The van der Waals surface area contributed by atoms with Crippen molar-refractivity contribution in [1.82, 2.24) is 15.1 Å². The molecule has 0 aliphatic heterocycles. The minimum absolute atomic E-state index is 0.0808. The number of carbonyl (C=O) groups excluding carboxylic acids is 1. The Morgan fingerprint density at radius 3 is 2.95 bits per heavy atom. The molecule has 2 aromatic rings. The van der Waals surface area contributed by atoms with Crippen LogP contribution in [0.4, 0.5) is 0 Å². The molecule has 1 aromatic heterocycles. The zero-order valence-electron chi connectivity index (χ0n) is 11.0. The number of carbonyl (C=O) groups is 1. The van der Waals surface area contributed by atoms with Crippen LogP contribution in [0.2, 0.25) is 0 Å². The van der Waals surface area contributed by atoms with E-state index in [1.807, 2.05) is 31.4 Å². The fourth-order valence-electron chi connectivity index (χ4n) is 1.88. The summed E-state index contributed by atoms with van der Waals surface area (Å²) in [6.45, 7) is 1.06. The number of nitrogens with zero attached hydrogens (tertiary/aromatic N) is 2. The van der Waals surface area contributed by atoms with Gasteiger partial charge in [0, 0.05) is 30.9 Å². The van der Waals surface area contributed by atoms with E-state index in [0.717, 1.165) is 17.5 Å². The van der Waals surface area contributed by atoms with E-state index >= 15 is 0 Å². The van der Waals surface area contributed by atoms with Crippen LogP contribution in [0.3, 0.4) is 0 Å². The van der Waals surface area contributed by atoms with Crippen LogP contribution in [0.5, 0.6) is 0 Å². The highest BCUT2D eigenvalue weighted by Gasteiger charge is 2.06. The third kappa shape index (κ3) is 3.66. The van der Waals surface area contributed by atoms with Gasteiger partial charge in [0.1, 0.15) is 0 Å². The number of nitrogens with two attached hydrogens (primary N) is 1. The van der Waals surface area contributed by atoms with Crippen molar-refractivity contribution in [2.45, 2.75) is 13.0 Å². The van der Waals surface area contributed by atoms with Crippen molar-refractivity contribution in [2.24, 2.45) is 12.8 Å². The first-order valence-corrected chi connectivity index (χ1v) is 6.24. The van der Waals surface area contributed by atoms with Crippen LogP contribution in [0.25, 0.3) is 0 Å². The number of benzene rings is 1. The summed E-state index contributed by atoms with van der Waals surface area (Å²) in [6.07, 6.45) is 4.40. The smallest absolute Gasteiger partial charge is 0.251 e. The second-order valence-corrected chi connectivity index (χ2v) is 4.44. The zero-order valence-corrected chi connectivity index (χ0v) is 11.0. The molecule has 0 spiro atoms. The first-order chi connectivity index (χ1) is 9.19. The number of nitrogens with one attached hydrogen (secondary N) is 1. The fourth-order valence-corrected chi connectivity index (χ4v) is 1.88. The molecule has 0 unspecified atom stereocenters. The lowest BCUT2D eigenvalue weighted by atomic mass is 10.1. The lowest BCUT2D eigenvalue weighted by Gasteiger charge is -2.05. The van der Waals surface area contributed by atoms with Crippen molar-refractivity contribution in [1.29, 1.82) is 0 Å². The number of aryl methyl sites for hydroxylation is 1. The van der Waals surface area contributed by atoms with Gasteiger partial charge in [-0.25, -0.2) is 0 Å². The lowest BCUT2D eigenvalue weighted by Crippen LogP contribution is -2.22. The summed E-state index contributed by atoms with van der Waals surface area (Å²) >= 11 is 0. The Morgan fingerprint density at radius 1 is 1.42 bits per heavy atom. The molecule has 0 fully saturated rings. The van der Waals surface area contributed by atoms with Crippen molar-refractivity contribution in [3.05, 3.63) is 53.3 Å². The molecule has 1 aromatic carbocycles. The van der Waals surface area contributed by atoms with E-state index in [1.165, 1.54) is 0 Å². The SMILES string of the molecule is Cn1cc(CNC(=O)c2cccc(CCN)c2)cn1. The third-order valence-electron chi connectivity index (χ3n) is 2.83. The average molecular weight is 258 g/mol. The molecular weight excluding hydrogens is 240 g/mol.